The van der Waals surface area contributed by atoms with Crippen LogP contribution in [0.5, 0.6) is 5.75 Å². The van der Waals surface area contributed by atoms with Crippen LogP contribution in [0.1, 0.15) is 57.8 Å². The number of nitrogens with zero attached hydrogens (tertiary/aromatic N) is 2. The molecule has 9 N–H and O–H groups in total. The number of carbonyl (C=O) groups excluding carboxylic acids is 6. The lowest BCUT2D eigenvalue weighted by Gasteiger charge is -2.28. The fourth-order valence-corrected chi connectivity index (χ4v) is 6.42. The number of hydrazone groups is 1. The van der Waals surface area contributed by atoms with Gasteiger partial charge in [-0.3, -0.25) is 37.9 Å². The Morgan fingerprint density at radius 1 is 0.965 bits per heavy atom. The average molecular weight is 824 g/mol. The molecule has 1 saturated heterocycles. The van der Waals surface area contributed by atoms with E-state index < -0.39 is 71.3 Å². The molecule has 57 heavy (non-hydrogen) atoms. The number of carbonyl (C=O) groups is 6. The molecular weight excluding hydrogens is 767 g/mol. The van der Waals surface area contributed by atoms with Gasteiger partial charge in [0.05, 0.1) is 64.9 Å². The lowest BCUT2D eigenvalue weighted by molar-refractivity contribution is -0.143. The third kappa shape index (κ3) is 17.1. The molecule has 1 fully saturated rings. The number of rotatable bonds is 24. The van der Waals surface area contributed by atoms with Crippen LogP contribution in [0, 0.1) is 17.2 Å². The minimum Gasteiger partial charge on any atom is -0.495 e. The molecule has 0 spiro atoms. The summed E-state index contributed by atoms with van der Waals surface area (Å²) in [6.07, 6.45) is 1.21. The van der Waals surface area contributed by atoms with E-state index in [1.54, 1.807) is 13.8 Å². The van der Waals surface area contributed by atoms with Crippen molar-refractivity contribution in [3.8, 4) is 5.75 Å². The highest BCUT2D eigenvalue weighted by Crippen LogP contribution is 2.25. The highest BCUT2D eigenvalue weighted by atomic mass is 32.2. The maximum absolute atomic E-state index is 13.6. The number of ether oxygens (including phenoxy) is 2. The summed E-state index contributed by atoms with van der Waals surface area (Å²) >= 11 is -2.35. The standard InChI is InChI=1S/C36H57N9O11S/c1-22(2)13-26(33(49)36(5,52)21-56-57(53)29-15-24(7-8-28(29)54-6)34(50)40-17-25(16-37)44-38)42-31(47)19-41-35(51)27(14-23(3)4)43-30(46)18-39-32(48)20-45-9-11-55-12-10-45/h7-8,15-16,22-23,26-27,37,52H,9-14,17-21,38H2,1-6H3,(H,39,48)(H,40,50)(H,41,51)(H,42,47)(H,43,46)/t26-,27-,36?,57?/m0/s1. The predicted octanol–water partition coefficient (Wildman–Crippen LogP) is -1.63. The molecule has 2 unspecified atom stereocenters. The molecule has 20 nitrogen and oxygen atoms in total. The minimum absolute atomic E-state index is 0.0223. The number of aliphatic hydroxyl groups is 1. The van der Waals surface area contributed by atoms with Crippen LogP contribution >= 0.6 is 0 Å². The van der Waals surface area contributed by atoms with E-state index in [0.717, 1.165) is 13.1 Å². The van der Waals surface area contributed by atoms with Crippen LogP contribution in [0.3, 0.4) is 0 Å². The molecule has 318 valence electrons. The molecule has 1 aliphatic rings. The Hall–Kier alpha value is -4.83. The Bertz CT molecular complexity index is 1630. The van der Waals surface area contributed by atoms with Crippen LogP contribution in [0.2, 0.25) is 0 Å². The highest BCUT2D eigenvalue weighted by Gasteiger charge is 2.38. The van der Waals surface area contributed by atoms with Gasteiger partial charge in [-0.05, 0) is 49.8 Å². The molecule has 0 aromatic heterocycles. The smallest absolute Gasteiger partial charge is 0.251 e. The van der Waals surface area contributed by atoms with Crippen molar-refractivity contribution >= 4 is 58.3 Å². The van der Waals surface area contributed by atoms with E-state index in [1.165, 1.54) is 25.3 Å². The van der Waals surface area contributed by atoms with Crippen LogP contribution in [0.4, 0.5) is 0 Å². The third-order valence-electron chi connectivity index (χ3n) is 8.40. The predicted molar refractivity (Wildman–Crippen MR) is 210 cm³/mol. The fourth-order valence-electron chi connectivity index (χ4n) is 5.42. The van der Waals surface area contributed by atoms with Crippen molar-refractivity contribution < 1.29 is 51.7 Å². The van der Waals surface area contributed by atoms with Crippen molar-refractivity contribution in [1.82, 2.24) is 31.5 Å². The van der Waals surface area contributed by atoms with E-state index in [1.807, 2.05) is 18.7 Å². The van der Waals surface area contributed by atoms with Gasteiger partial charge in [0.1, 0.15) is 22.3 Å². The van der Waals surface area contributed by atoms with Crippen LogP contribution in [0.15, 0.2) is 28.2 Å². The van der Waals surface area contributed by atoms with Gasteiger partial charge in [-0.15, -0.1) is 0 Å². The van der Waals surface area contributed by atoms with E-state index >= 15 is 0 Å². The number of ketones is 1. The van der Waals surface area contributed by atoms with Gasteiger partial charge < -0.3 is 52.4 Å². The summed E-state index contributed by atoms with van der Waals surface area (Å²) in [5.74, 6) is 1.30. The SMILES string of the molecule is COc1ccc(C(=O)NCC(C=N)=NN)cc1S(=O)OCC(C)(O)C(=O)[C@H](CC(C)C)NC(=O)CNC(=O)[C@H](CC(C)C)NC(=O)CNC(=O)CN1CCOCC1. The summed E-state index contributed by atoms with van der Waals surface area (Å²) in [6.45, 7) is 8.95. The van der Waals surface area contributed by atoms with Crippen molar-refractivity contribution in [1.29, 1.82) is 5.41 Å². The zero-order valence-corrected chi connectivity index (χ0v) is 34.1. The average Bonchev–Trinajstić information content (AvgIpc) is 3.17. The maximum atomic E-state index is 13.6. The summed E-state index contributed by atoms with van der Waals surface area (Å²) < 4.78 is 29.2. The zero-order chi connectivity index (χ0) is 42.7. The number of Topliss-reactive ketones (excluding diaryl/α,β-unsaturated/α-hetero) is 1. The summed E-state index contributed by atoms with van der Waals surface area (Å²) in [7, 11) is 1.31. The molecular formula is C36H57N9O11S. The van der Waals surface area contributed by atoms with Gasteiger partial charge in [0.25, 0.3) is 5.91 Å². The molecule has 0 radical (unpaired) electrons. The Balaban J connectivity index is 2.02. The molecule has 1 aromatic carbocycles. The molecule has 1 aromatic rings. The molecule has 0 saturated carbocycles. The van der Waals surface area contributed by atoms with E-state index in [-0.39, 0.29) is 72.1 Å². The van der Waals surface area contributed by atoms with Crippen LogP contribution in [-0.4, -0.2) is 145 Å². The summed E-state index contributed by atoms with van der Waals surface area (Å²) in [5.41, 5.74) is -2.10. The number of hydrogen-bond donors (Lipinski definition) is 8. The van der Waals surface area contributed by atoms with Crippen molar-refractivity contribution in [3.63, 3.8) is 0 Å². The number of morpholine rings is 1. The van der Waals surface area contributed by atoms with Crippen LogP contribution in [-0.2, 0) is 44.0 Å². The number of benzene rings is 1. The molecule has 0 bridgehead atoms. The molecule has 1 heterocycles. The number of hydrogen-bond acceptors (Lipinski definition) is 15. The second-order valence-corrected chi connectivity index (χ2v) is 15.5. The van der Waals surface area contributed by atoms with E-state index in [4.69, 9.17) is 24.9 Å². The molecule has 21 heteroatoms. The Morgan fingerprint density at radius 2 is 1.56 bits per heavy atom. The first-order valence-electron chi connectivity index (χ1n) is 18.4. The second-order valence-electron chi connectivity index (χ2n) is 14.3. The van der Waals surface area contributed by atoms with Gasteiger partial charge in [-0.25, -0.2) is 4.21 Å². The topological polar surface area (TPSA) is 293 Å². The lowest BCUT2D eigenvalue weighted by atomic mass is 9.90. The van der Waals surface area contributed by atoms with Crippen molar-refractivity contribution in [2.45, 2.75) is 70.0 Å². The first-order chi connectivity index (χ1) is 26.9. The van der Waals surface area contributed by atoms with Gasteiger partial charge in [0.2, 0.25) is 23.6 Å². The zero-order valence-electron chi connectivity index (χ0n) is 33.3. The third-order valence-corrected chi connectivity index (χ3v) is 9.41. The van der Waals surface area contributed by atoms with E-state index in [2.05, 4.69) is 31.7 Å². The summed E-state index contributed by atoms with van der Waals surface area (Å²) in [4.78, 5) is 79.2. The first kappa shape index (κ1) is 48.3. The lowest BCUT2D eigenvalue weighted by Crippen LogP contribution is -2.55. The Kier molecular flexibility index (Phi) is 20.4. The molecule has 2 rings (SSSR count). The normalized spacial score (nSPS) is 16.1. The van der Waals surface area contributed by atoms with Gasteiger partial charge in [0, 0.05) is 24.9 Å². The van der Waals surface area contributed by atoms with Crippen molar-refractivity contribution in [3.05, 3.63) is 23.8 Å². The summed E-state index contributed by atoms with van der Waals surface area (Å²) in [6, 6.07) is 1.76. The van der Waals surface area contributed by atoms with Gasteiger partial charge >= 0.3 is 0 Å². The summed E-state index contributed by atoms with van der Waals surface area (Å²) in [5, 5.41) is 34.5. The number of amides is 5. The molecule has 4 atom stereocenters. The number of methoxy groups -OCH3 is 1. The van der Waals surface area contributed by atoms with E-state index in [9.17, 15) is 38.1 Å². The highest BCUT2D eigenvalue weighted by molar-refractivity contribution is 7.80. The van der Waals surface area contributed by atoms with Gasteiger partial charge in [0.15, 0.2) is 16.9 Å². The largest absolute Gasteiger partial charge is 0.495 e. The van der Waals surface area contributed by atoms with Crippen molar-refractivity contribution in [2.24, 2.45) is 22.8 Å². The minimum atomic E-state index is -2.35. The second kappa shape index (κ2) is 24.1. The van der Waals surface area contributed by atoms with Crippen LogP contribution < -0.4 is 37.2 Å². The maximum Gasteiger partial charge on any atom is 0.251 e. The van der Waals surface area contributed by atoms with Gasteiger partial charge in [-0.1, -0.05) is 27.7 Å². The van der Waals surface area contributed by atoms with Crippen LogP contribution in [0.25, 0.3) is 0 Å². The first-order valence-corrected chi connectivity index (χ1v) is 19.5. The fraction of sp³-hybridized carbons (Fsp3) is 0.611. The number of nitrogens with one attached hydrogen (secondary N) is 6. The van der Waals surface area contributed by atoms with E-state index in [0.29, 0.717) is 26.3 Å². The van der Waals surface area contributed by atoms with Crippen molar-refractivity contribution in [2.75, 3.05) is 66.2 Å². The molecule has 1 aliphatic heterocycles. The molecule has 5 amide bonds. The molecule has 0 aliphatic carbocycles. The Labute approximate surface area is 334 Å². The monoisotopic (exact) mass is 823 g/mol. The Morgan fingerprint density at radius 3 is 2.14 bits per heavy atom. The number of nitrogens with two attached hydrogens (primary N) is 1. The quantitative estimate of drug-likeness (QED) is 0.0331. The van der Waals surface area contributed by atoms with Gasteiger partial charge in [-0.2, -0.15) is 5.10 Å².